The van der Waals surface area contributed by atoms with Gasteiger partial charge in [-0.2, -0.15) is 0 Å². The van der Waals surface area contributed by atoms with Crippen LogP contribution < -0.4 is 9.62 Å². The number of anilines is 1. The average Bonchev–Trinajstić information content (AvgIpc) is 3.03. The first kappa shape index (κ1) is 18.9. The summed E-state index contributed by atoms with van der Waals surface area (Å²) in [5.74, 6) is -1.20. The van der Waals surface area contributed by atoms with Crippen molar-refractivity contribution in [2.45, 2.75) is 6.42 Å². The van der Waals surface area contributed by atoms with E-state index in [2.05, 4.69) is 10.3 Å². The molecule has 0 aliphatic heterocycles. The van der Waals surface area contributed by atoms with Crippen LogP contribution >= 0.6 is 0 Å². The minimum absolute atomic E-state index is 0.147. The monoisotopic (exact) mass is 389 g/mol. The molecule has 0 aliphatic rings. The smallest absolute Gasteiger partial charge is 0.240 e. The molecule has 0 atom stereocenters. The Morgan fingerprint density at radius 2 is 1.85 bits per heavy atom. The Morgan fingerprint density at radius 1 is 1.15 bits per heavy atom. The lowest BCUT2D eigenvalue weighted by molar-refractivity contribution is -0.119. The van der Waals surface area contributed by atoms with Gasteiger partial charge in [0, 0.05) is 23.6 Å². The van der Waals surface area contributed by atoms with Crippen LogP contribution in [0.2, 0.25) is 0 Å². The van der Waals surface area contributed by atoms with Gasteiger partial charge in [-0.15, -0.1) is 0 Å². The normalized spacial score (nSPS) is 11.5. The van der Waals surface area contributed by atoms with Crippen molar-refractivity contribution < 1.29 is 17.6 Å². The SMILES string of the molecule is CS(=O)(=O)N(CC(=O)NCCc1c[nH]c2ccccc12)c1ccccc1F. The molecule has 0 unspecified atom stereocenters. The molecule has 27 heavy (non-hydrogen) atoms. The second-order valence-electron chi connectivity index (χ2n) is 6.18. The number of rotatable bonds is 7. The Balaban J connectivity index is 1.64. The van der Waals surface area contributed by atoms with Crippen LogP contribution in [0.4, 0.5) is 10.1 Å². The summed E-state index contributed by atoms with van der Waals surface area (Å²) in [6.45, 7) is -0.136. The van der Waals surface area contributed by atoms with Crippen molar-refractivity contribution in [2.24, 2.45) is 0 Å². The third-order valence-corrected chi connectivity index (χ3v) is 5.33. The summed E-state index contributed by atoms with van der Waals surface area (Å²) >= 11 is 0. The molecule has 0 saturated carbocycles. The lowest BCUT2D eigenvalue weighted by Gasteiger charge is -2.22. The molecule has 0 bridgehead atoms. The third kappa shape index (κ3) is 4.46. The molecule has 1 amide bonds. The second-order valence-corrected chi connectivity index (χ2v) is 8.09. The van der Waals surface area contributed by atoms with E-state index < -0.39 is 28.3 Å². The summed E-state index contributed by atoms with van der Waals surface area (Å²) in [5, 5.41) is 3.78. The molecule has 0 fully saturated rings. The van der Waals surface area contributed by atoms with E-state index in [1.165, 1.54) is 18.2 Å². The fourth-order valence-corrected chi connectivity index (χ4v) is 3.75. The standard InChI is InChI=1S/C19H20FN3O3S/c1-27(25,26)23(18-9-5-3-7-16(18)20)13-19(24)21-11-10-14-12-22-17-8-4-2-6-15(14)17/h2-9,12,22H,10-11,13H2,1H3,(H,21,24). The third-order valence-electron chi connectivity index (χ3n) is 4.20. The number of amides is 1. The van der Waals surface area contributed by atoms with Crippen LogP contribution in [0.15, 0.2) is 54.7 Å². The number of nitrogens with one attached hydrogen (secondary N) is 2. The van der Waals surface area contributed by atoms with E-state index in [0.717, 1.165) is 33.1 Å². The second kappa shape index (κ2) is 7.79. The van der Waals surface area contributed by atoms with Gasteiger partial charge >= 0.3 is 0 Å². The van der Waals surface area contributed by atoms with Gasteiger partial charge in [-0.3, -0.25) is 9.10 Å². The highest BCUT2D eigenvalue weighted by atomic mass is 32.2. The summed E-state index contributed by atoms with van der Waals surface area (Å²) in [6, 6.07) is 13.3. The van der Waals surface area contributed by atoms with Gasteiger partial charge in [0.05, 0.1) is 11.9 Å². The van der Waals surface area contributed by atoms with Gasteiger partial charge in [-0.25, -0.2) is 12.8 Å². The van der Waals surface area contributed by atoms with Crippen LogP contribution in [-0.4, -0.2) is 38.7 Å². The highest BCUT2D eigenvalue weighted by molar-refractivity contribution is 7.92. The van der Waals surface area contributed by atoms with Crippen molar-refractivity contribution in [3.8, 4) is 0 Å². The maximum absolute atomic E-state index is 14.0. The molecule has 3 rings (SSSR count). The predicted molar refractivity (Wildman–Crippen MR) is 104 cm³/mol. The number of halogens is 1. The summed E-state index contributed by atoms with van der Waals surface area (Å²) in [5.41, 5.74) is 1.92. The Kier molecular flexibility index (Phi) is 5.46. The Bertz CT molecular complexity index is 1060. The topological polar surface area (TPSA) is 82.3 Å². The van der Waals surface area contributed by atoms with Crippen molar-refractivity contribution in [3.05, 3.63) is 66.1 Å². The molecule has 0 radical (unpaired) electrons. The van der Waals surface area contributed by atoms with E-state index in [9.17, 15) is 17.6 Å². The van der Waals surface area contributed by atoms with Gasteiger partial charge in [-0.05, 0) is 30.2 Å². The van der Waals surface area contributed by atoms with E-state index in [1.807, 2.05) is 30.5 Å². The van der Waals surface area contributed by atoms with Gasteiger partial charge in [0.2, 0.25) is 15.9 Å². The number of aromatic amines is 1. The number of nitrogens with zero attached hydrogens (tertiary/aromatic N) is 1. The van der Waals surface area contributed by atoms with Crippen LogP contribution in [0.3, 0.4) is 0 Å². The Labute approximate surface area is 157 Å². The number of carbonyl (C=O) groups is 1. The molecule has 1 heterocycles. The highest BCUT2D eigenvalue weighted by Crippen LogP contribution is 2.21. The summed E-state index contributed by atoms with van der Waals surface area (Å²) < 4.78 is 38.7. The van der Waals surface area contributed by atoms with Crippen molar-refractivity contribution in [2.75, 3.05) is 23.7 Å². The number of hydrogen-bond donors (Lipinski definition) is 2. The van der Waals surface area contributed by atoms with E-state index in [4.69, 9.17) is 0 Å². The van der Waals surface area contributed by atoms with Gasteiger partial charge in [0.15, 0.2) is 0 Å². The maximum atomic E-state index is 14.0. The fourth-order valence-electron chi connectivity index (χ4n) is 2.90. The van der Waals surface area contributed by atoms with Gasteiger partial charge in [-0.1, -0.05) is 30.3 Å². The minimum Gasteiger partial charge on any atom is -0.361 e. The molecular formula is C19H20FN3O3S. The van der Waals surface area contributed by atoms with Crippen LogP contribution in [0.5, 0.6) is 0 Å². The van der Waals surface area contributed by atoms with E-state index >= 15 is 0 Å². The van der Waals surface area contributed by atoms with Gasteiger partial charge in [0.1, 0.15) is 12.4 Å². The molecule has 8 heteroatoms. The molecule has 0 spiro atoms. The Hall–Kier alpha value is -2.87. The van der Waals surface area contributed by atoms with E-state index in [0.29, 0.717) is 13.0 Å². The maximum Gasteiger partial charge on any atom is 0.240 e. The highest BCUT2D eigenvalue weighted by Gasteiger charge is 2.23. The Morgan fingerprint density at radius 3 is 2.59 bits per heavy atom. The lowest BCUT2D eigenvalue weighted by Crippen LogP contribution is -2.41. The number of fused-ring (bicyclic) bond motifs is 1. The molecule has 6 nitrogen and oxygen atoms in total. The van der Waals surface area contributed by atoms with Gasteiger partial charge in [0.25, 0.3) is 0 Å². The van der Waals surface area contributed by atoms with Crippen molar-refractivity contribution in [1.82, 2.24) is 10.3 Å². The molecule has 3 aromatic rings. The number of para-hydroxylation sites is 2. The number of hydrogen-bond acceptors (Lipinski definition) is 3. The van der Waals surface area contributed by atoms with Crippen LogP contribution in [-0.2, 0) is 21.2 Å². The quantitative estimate of drug-likeness (QED) is 0.651. The number of aromatic nitrogens is 1. The zero-order valence-corrected chi connectivity index (χ0v) is 15.6. The zero-order chi connectivity index (χ0) is 19.4. The molecule has 2 N–H and O–H groups in total. The number of sulfonamides is 1. The average molecular weight is 389 g/mol. The largest absolute Gasteiger partial charge is 0.361 e. The van der Waals surface area contributed by atoms with Crippen molar-refractivity contribution in [1.29, 1.82) is 0 Å². The lowest BCUT2D eigenvalue weighted by atomic mass is 10.1. The van der Waals surface area contributed by atoms with Crippen molar-refractivity contribution in [3.63, 3.8) is 0 Å². The molecule has 1 aromatic heterocycles. The molecular weight excluding hydrogens is 369 g/mol. The summed E-state index contributed by atoms with van der Waals surface area (Å²) in [4.78, 5) is 15.4. The number of carbonyl (C=O) groups excluding carboxylic acids is 1. The summed E-state index contributed by atoms with van der Waals surface area (Å²) in [6.07, 6.45) is 3.42. The van der Waals surface area contributed by atoms with Crippen LogP contribution in [0.1, 0.15) is 5.56 Å². The number of benzene rings is 2. The predicted octanol–water partition coefficient (Wildman–Crippen LogP) is 2.43. The molecule has 0 saturated heterocycles. The zero-order valence-electron chi connectivity index (χ0n) is 14.8. The first-order chi connectivity index (χ1) is 12.9. The number of H-pyrrole nitrogens is 1. The van der Waals surface area contributed by atoms with E-state index in [-0.39, 0.29) is 5.69 Å². The first-order valence-electron chi connectivity index (χ1n) is 8.40. The first-order valence-corrected chi connectivity index (χ1v) is 10.2. The van der Waals surface area contributed by atoms with E-state index in [1.54, 1.807) is 0 Å². The molecule has 0 aliphatic carbocycles. The molecule has 142 valence electrons. The van der Waals surface area contributed by atoms with Crippen LogP contribution in [0.25, 0.3) is 10.9 Å². The summed E-state index contributed by atoms with van der Waals surface area (Å²) in [7, 11) is -3.81. The van der Waals surface area contributed by atoms with Crippen LogP contribution in [0, 0.1) is 5.82 Å². The minimum atomic E-state index is -3.81. The van der Waals surface area contributed by atoms with Gasteiger partial charge < -0.3 is 10.3 Å². The molecule has 2 aromatic carbocycles. The fraction of sp³-hybridized carbons (Fsp3) is 0.211. The van der Waals surface area contributed by atoms with Crippen molar-refractivity contribution >= 4 is 32.5 Å².